The number of carbonyl (C=O) groups is 2. The molecule has 0 radical (unpaired) electrons. The number of benzene rings is 2. The van der Waals surface area contributed by atoms with Crippen molar-refractivity contribution < 1.29 is 27.5 Å². The Morgan fingerprint density at radius 2 is 1.59 bits per heavy atom. The molecule has 9 nitrogen and oxygen atoms in total. The van der Waals surface area contributed by atoms with Crippen molar-refractivity contribution in [2.24, 2.45) is 0 Å². The molecule has 0 aliphatic rings. The Morgan fingerprint density at radius 1 is 0.969 bits per heavy atom. The summed E-state index contributed by atoms with van der Waals surface area (Å²) in [5.41, 5.74) is 0.540. The number of nitrogens with one attached hydrogen (secondary N) is 2. The quantitative estimate of drug-likeness (QED) is 0.563. The van der Waals surface area contributed by atoms with Gasteiger partial charge in [-0.3, -0.25) is 9.59 Å². The van der Waals surface area contributed by atoms with Crippen LogP contribution in [0.25, 0.3) is 0 Å². The molecule has 2 amide bonds. The van der Waals surface area contributed by atoms with Gasteiger partial charge in [-0.2, -0.15) is 4.31 Å². The minimum atomic E-state index is -3.75. The first kappa shape index (κ1) is 25.4. The van der Waals surface area contributed by atoms with Gasteiger partial charge in [0.05, 0.1) is 41.1 Å². The van der Waals surface area contributed by atoms with E-state index in [1.54, 1.807) is 13.8 Å². The average Bonchev–Trinajstić information content (AvgIpc) is 2.75. The molecule has 0 unspecified atom stereocenters. The number of ether oxygens (including phenoxy) is 2. The Balaban J connectivity index is 2.47. The third kappa shape index (κ3) is 5.50. The van der Waals surface area contributed by atoms with E-state index in [2.05, 4.69) is 10.6 Å². The summed E-state index contributed by atoms with van der Waals surface area (Å²) in [6, 6.07) is 7.00. The number of sulfonamides is 1. The van der Waals surface area contributed by atoms with Gasteiger partial charge in [0.25, 0.3) is 5.91 Å². The SMILES string of the molecule is CCN(CC)S(=O)(=O)c1ccc(OC)c(NC(=O)c2cc(Cl)c(NC(C)=O)cc2OC)c1. The highest BCUT2D eigenvalue weighted by Crippen LogP contribution is 2.33. The van der Waals surface area contributed by atoms with E-state index in [1.807, 2.05) is 0 Å². The van der Waals surface area contributed by atoms with Crippen molar-refractivity contribution in [3.63, 3.8) is 0 Å². The van der Waals surface area contributed by atoms with Crippen LogP contribution in [-0.2, 0) is 14.8 Å². The topological polar surface area (TPSA) is 114 Å². The van der Waals surface area contributed by atoms with Crippen LogP contribution in [0.3, 0.4) is 0 Å². The molecule has 2 N–H and O–H groups in total. The number of halogens is 1. The van der Waals surface area contributed by atoms with Gasteiger partial charge in [-0.1, -0.05) is 25.4 Å². The number of hydrogen-bond donors (Lipinski definition) is 2. The molecule has 0 atom stereocenters. The number of nitrogens with zero attached hydrogens (tertiary/aromatic N) is 1. The number of methoxy groups -OCH3 is 2. The normalized spacial score (nSPS) is 11.2. The van der Waals surface area contributed by atoms with E-state index in [0.717, 1.165) is 0 Å². The van der Waals surface area contributed by atoms with Crippen LogP contribution in [0.1, 0.15) is 31.1 Å². The predicted octanol–water partition coefficient (Wildman–Crippen LogP) is 3.60. The Kier molecular flexibility index (Phi) is 8.48. The molecular weight excluding hydrogens is 458 g/mol. The van der Waals surface area contributed by atoms with E-state index in [1.165, 1.54) is 55.8 Å². The third-order valence-electron chi connectivity index (χ3n) is 4.61. The molecule has 0 aromatic heterocycles. The Labute approximate surface area is 192 Å². The van der Waals surface area contributed by atoms with E-state index in [4.69, 9.17) is 21.1 Å². The fourth-order valence-corrected chi connectivity index (χ4v) is 4.73. The summed E-state index contributed by atoms with van der Waals surface area (Å²) < 4.78 is 37.6. The van der Waals surface area contributed by atoms with Gasteiger partial charge in [-0.05, 0) is 24.3 Å². The first-order chi connectivity index (χ1) is 15.1. The van der Waals surface area contributed by atoms with Crippen LogP contribution in [-0.4, -0.2) is 51.8 Å². The summed E-state index contributed by atoms with van der Waals surface area (Å²) in [4.78, 5) is 24.4. The minimum Gasteiger partial charge on any atom is -0.496 e. The smallest absolute Gasteiger partial charge is 0.259 e. The third-order valence-corrected chi connectivity index (χ3v) is 6.97. The first-order valence-corrected chi connectivity index (χ1v) is 11.5. The van der Waals surface area contributed by atoms with Crippen molar-refractivity contribution in [1.82, 2.24) is 4.31 Å². The molecule has 0 bridgehead atoms. The van der Waals surface area contributed by atoms with E-state index >= 15 is 0 Å². The highest BCUT2D eigenvalue weighted by Gasteiger charge is 2.24. The molecule has 174 valence electrons. The molecule has 11 heteroatoms. The maximum absolute atomic E-state index is 13.0. The van der Waals surface area contributed by atoms with Crippen LogP contribution in [0.5, 0.6) is 11.5 Å². The molecule has 0 fully saturated rings. The van der Waals surface area contributed by atoms with E-state index in [9.17, 15) is 18.0 Å². The van der Waals surface area contributed by atoms with Gasteiger partial charge in [0.15, 0.2) is 0 Å². The van der Waals surface area contributed by atoms with Crippen molar-refractivity contribution in [3.05, 3.63) is 40.9 Å². The summed E-state index contributed by atoms with van der Waals surface area (Å²) >= 11 is 6.20. The lowest BCUT2D eigenvalue weighted by atomic mass is 10.1. The fraction of sp³-hybridized carbons (Fsp3) is 0.333. The minimum absolute atomic E-state index is 0.0169. The molecule has 0 saturated carbocycles. The highest BCUT2D eigenvalue weighted by atomic mass is 35.5. The number of rotatable bonds is 9. The number of hydrogen-bond acceptors (Lipinski definition) is 6. The van der Waals surface area contributed by atoms with Crippen molar-refractivity contribution in [3.8, 4) is 11.5 Å². The lowest BCUT2D eigenvalue weighted by Gasteiger charge is -2.20. The van der Waals surface area contributed by atoms with Crippen molar-refractivity contribution in [2.45, 2.75) is 25.7 Å². The van der Waals surface area contributed by atoms with E-state index in [0.29, 0.717) is 13.1 Å². The van der Waals surface area contributed by atoms with E-state index in [-0.39, 0.29) is 44.3 Å². The zero-order valence-electron chi connectivity index (χ0n) is 18.5. The molecule has 0 heterocycles. The van der Waals surface area contributed by atoms with Gasteiger partial charge < -0.3 is 20.1 Å². The lowest BCUT2D eigenvalue weighted by Crippen LogP contribution is -2.30. The van der Waals surface area contributed by atoms with Gasteiger partial charge in [0, 0.05) is 26.1 Å². The molecule has 2 rings (SSSR count). The summed E-state index contributed by atoms with van der Waals surface area (Å²) in [5.74, 6) is -0.491. The van der Waals surface area contributed by atoms with Crippen LogP contribution < -0.4 is 20.1 Å². The summed E-state index contributed by atoms with van der Waals surface area (Å²) in [7, 11) is -0.969. The van der Waals surface area contributed by atoms with Crippen LogP contribution in [0.4, 0.5) is 11.4 Å². The Hall–Kier alpha value is -2.82. The second kappa shape index (κ2) is 10.7. The van der Waals surface area contributed by atoms with E-state index < -0.39 is 15.9 Å². The second-order valence-corrected chi connectivity index (χ2v) is 8.96. The van der Waals surface area contributed by atoms with Gasteiger partial charge in [0.2, 0.25) is 15.9 Å². The molecule has 0 saturated heterocycles. The number of carbonyl (C=O) groups excluding carboxylic acids is 2. The van der Waals surface area contributed by atoms with Crippen molar-refractivity contribution >= 4 is 44.8 Å². The van der Waals surface area contributed by atoms with Gasteiger partial charge in [0.1, 0.15) is 11.5 Å². The molecule has 0 aliphatic carbocycles. The summed E-state index contributed by atoms with van der Waals surface area (Å²) in [6.07, 6.45) is 0. The monoisotopic (exact) mass is 483 g/mol. The lowest BCUT2D eigenvalue weighted by molar-refractivity contribution is -0.114. The fourth-order valence-electron chi connectivity index (χ4n) is 3.03. The zero-order valence-corrected chi connectivity index (χ0v) is 20.1. The van der Waals surface area contributed by atoms with Crippen LogP contribution in [0.15, 0.2) is 35.2 Å². The maximum atomic E-state index is 13.0. The standard InChI is InChI=1S/C21H26ClN3O6S/c1-6-25(7-2)32(28,29)14-8-9-19(30-4)18(10-14)24-21(27)15-11-16(22)17(23-13(3)26)12-20(15)31-5/h8-12H,6-7H2,1-5H3,(H,23,26)(H,24,27). The summed E-state index contributed by atoms with van der Waals surface area (Å²) in [6.45, 7) is 5.43. The largest absolute Gasteiger partial charge is 0.496 e. The molecule has 2 aromatic rings. The first-order valence-electron chi connectivity index (χ1n) is 9.73. The molecule has 2 aromatic carbocycles. The number of anilines is 2. The molecule has 0 spiro atoms. The average molecular weight is 484 g/mol. The van der Waals surface area contributed by atoms with Crippen LogP contribution >= 0.6 is 11.6 Å². The Bertz CT molecular complexity index is 1120. The van der Waals surface area contributed by atoms with Gasteiger partial charge in [-0.15, -0.1) is 0 Å². The highest BCUT2D eigenvalue weighted by molar-refractivity contribution is 7.89. The van der Waals surface area contributed by atoms with Gasteiger partial charge in [-0.25, -0.2) is 8.42 Å². The van der Waals surface area contributed by atoms with Crippen LogP contribution in [0.2, 0.25) is 5.02 Å². The molecule has 32 heavy (non-hydrogen) atoms. The van der Waals surface area contributed by atoms with Crippen molar-refractivity contribution in [2.75, 3.05) is 37.9 Å². The zero-order chi connectivity index (χ0) is 24.1. The maximum Gasteiger partial charge on any atom is 0.259 e. The molecular formula is C21H26ClN3O6S. The van der Waals surface area contributed by atoms with Crippen LogP contribution in [0, 0.1) is 0 Å². The molecule has 0 aliphatic heterocycles. The summed E-state index contributed by atoms with van der Waals surface area (Å²) in [5, 5.41) is 5.34. The second-order valence-electron chi connectivity index (χ2n) is 6.62. The predicted molar refractivity (Wildman–Crippen MR) is 123 cm³/mol. The number of amides is 2. The van der Waals surface area contributed by atoms with Gasteiger partial charge >= 0.3 is 0 Å². The van der Waals surface area contributed by atoms with Crippen molar-refractivity contribution in [1.29, 1.82) is 0 Å². The Morgan fingerprint density at radius 3 is 2.12 bits per heavy atom.